The van der Waals surface area contributed by atoms with Crippen LogP contribution >= 0.6 is 0 Å². The molecule has 1 unspecified atom stereocenters. The molecule has 0 fully saturated rings. The summed E-state index contributed by atoms with van der Waals surface area (Å²) in [6, 6.07) is 5.04. The smallest absolute Gasteiger partial charge is 0.340 e. The summed E-state index contributed by atoms with van der Waals surface area (Å²) in [6.07, 6.45) is -4.48. The molecular formula is C14H15F4N5. The summed E-state index contributed by atoms with van der Waals surface area (Å²) in [5.74, 6) is 5.65. The third kappa shape index (κ3) is 4.21. The van der Waals surface area contributed by atoms with Crippen molar-refractivity contribution in [1.29, 1.82) is 0 Å². The van der Waals surface area contributed by atoms with E-state index < -0.39 is 18.0 Å². The number of halogens is 4. The van der Waals surface area contributed by atoms with Gasteiger partial charge in [-0.15, -0.1) is 0 Å². The maximum absolute atomic E-state index is 12.9. The van der Waals surface area contributed by atoms with Crippen LogP contribution in [0.15, 0.2) is 35.3 Å². The first-order valence-electron chi connectivity index (χ1n) is 6.66. The molecule has 9 heteroatoms. The number of aromatic nitrogens is 2. The van der Waals surface area contributed by atoms with Crippen LogP contribution in [0.25, 0.3) is 0 Å². The SMILES string of the molecule is Cc1cc(Nc2ccc(F)cc2)n(N)c(=NC(C)C(F)(F)F)n1. The van der Waals surface area contributed by atoms with E-state index in [2.05, 4.69) is 15.3 Å². The average molecular weight is 329 g/mol. The van der Waals surface area contributed by atoms with Crippen LogP contribution in [0.2, 0.25) is 0 Å². The fraction of sp³-hybridized carbons (Fsp3) is 0.286. The Morgan fingerprint density at radius 1 is 1.26 bits per heavy atom. The third-order valence-corrected chi connectivity index (χ3v) is 3.00. The molecule has 0 aliphatic rings. The summed E-state index contributed by atoms with van der Waals surface area (Å²) in [5.41, 5.74) is 0.690. The van der Waals surface area contributed by atoms with Gasteiger partial charge in [0.05, 0.1) is 0 Å². The van der Waals surface area contributed by atoms with Crippen molar-refractivity contribution in [2.24, 2.45) is 4.99 Å². The highest BCUT2D eigenvalue weighted by Gasteiger charge is 2.36. The fourth-order valence-corrected chi connectivity index (χ4v) is 1.73. The number of anilines is 2. The van der Waals surface area contributed by atoms with Crippen molar-refractivity contribution in [2.75, 3.05) is 11.2 Å². The van der Waals surface area contributed by atoms with Gasteiger partial charge in [-0.1, -0.05) is 0 Å². The molecule has 3 N–H and O–H groups in total. The molecule has 124 valence electrons. The average Bonchev–Trinajstić information content (AvgIpc) is 2.45. The lowest BCUT2D eigenvalue weighted by Gasteiger charge is -2.14. The summed E-state index contributed by atoms with van der Waals surface area (Å²) in [5, 5.41) is 2.88. The zero-order chi connectivity index (χ0) is 17.2. The molecule has 1 aromatic carbocycles. The number of nitrogens with zero attached hydrogens (tertiary/aromatic N) is 3. The number of alkyl halides is 3. The van der Waals surface area contributed by atoms with E-state index in [-0.39, 0.29) is 11.4 Å². The molecule has 23 heavy (non-hydrogen) atoms. The largest absolute Gasteiger partial charge is 0.410 e. The monoisotopic (exact) mass is 329 g/mol. The number of nitrogen functional groups attached to an aromatic ring is 1. The predicted molar refractivity (Wildman–Crippen MR) is 77.9 cm³/mol. The van der Waals surface area contributed by atoms with Gasteiger partial charge < -0.3 is 11.2 Å². The van der Waals surface area contributed by atoms with Crippen LogP contribution in [0.4, 0.5) is 29.1 Å². The zero-order valence-electron chi connectivity index (χ0n) is 12.4. The maximum Gasteiger partial charge on any atom is 0.410 e. The number of hydrogen-bond acceptors (Lipinski definition) is 4. The Labute approximate surface area is 129 Å². The van der Waals surface area contributed by atoms with Gasteiger partial charge in [0.15, 0.2) is 0 Å². The molecular weight excluding hydrogens is 314 g/mol. The van der Waals surface area contributed by atoms with Crippen molar-refractivity contribution >= 4 is 11.5 Å². The third-order valence-electron chi connectivity index (χ3n) is 3.00. The Balaban J connectivity index is 2.42. The van der Waals surface area contributed by atoms with Crippen molar-refractivity contribution in [3.63, 3.8) is 0 Å². The Morgan fingerprint density at radius 3 is 2.43 bits per heavy atom. The summed E-state index contributed by atoms with van der Waals surface area (Å²) in [7, 11) is 0. The fourth-order valence-electron chi connectivity index (χ4n) is 1.73. The molecule has 2 aromatic rings. The minimum atomic E-state index is -4.48. The lowest BCUT2D eigenvalue weighted by Crippen LogP contribution is -2.36. The van der Waals surface area contributed by atoms with Gasteiger partial charge in [0.1, 0.15) is 17.7 Å². The van der Waals surface area contributed by atoms with Gasteiger partial charge >= 0.3 is 6.18 Å². The second kappa shape index (κ2) is 6.27. The van der Waals surface area contributed by atoms with Crippen LogP contribution in [0.5, 0.6) is 0 Å². The van der Waals surface area contributed by atoms with Crippen molar-refractivity contribution in [2.45, 2.75) is 26.1 Å². The number of aryl methyl sites for hydroxylation is 1. The molecule has 1 heterocycles. The van der Waals surface area contributed by atoms with Gasteiger partial charge in [-0.25, -0.2) is 19.0 Å². The van der Waals surface area contributed by atoms with E-state index in [1.165, 1.54) is 24.3 Å². The summed E-state index contributed by atoms with van der Waals surface area (Å²) < 4.78 is 51.7. The lowest BCUT2D eigenvalue weighted by molar-refractivity contribution is -0.143. The van der Waals surface area contributed by atoms with E-state index >= 15 is 0 Å². The van der Waals surface area contributed by atoms with Gasteiger partial charge in [-0.05, 0) is 38.1 Å². The molecule has 0 spiro atoms. The second-order valence-electron chi connectivity index (χ2n) is 4.93. The minimum absolute atomic E-state index is 0.264. The second-order valence-corrected chi connectivity index (χ2v) is 4.93. The van der Waals surface area contributed by atoms with E-state index in [1.54, 1.807) is 13.0 Å². The number of nitrogens with one attached hydrogen (secondary N) is 1. The van der Waals surface area contributed by atoms with E-state index in [0.29, 0.717) is 11.4 Å². The molecule has 0 aliphatic heterocycles. The Kier molecular flexibility index (Phi) is 4.57. The number of benzene rings is 1. The van der Waals surface area contributed by atoms with Crippen LogP contribution in [-0.2, 0) is 0 Å². The minimum Gasteiger partial charge on any atom is -0.340 e. The molecule has 1 aromatic heterocycles. The molecule has 1 atom stereocenters. The van der Waals surface area contributed by atoms with Gasteiger partial charge in [-0.2, -0.15) is 13.2 Å². The molecule has 0 saturated carbocycles. The van der Waals surface area contributed by atoms with E-state index in [0.717, 1.165) is 11.6 Å². The van der Waals surface area contributed by atoms with Crippen LogP contribution in [0.1, 0.15) is 12.6 Å². The number of rotatable bonds is 3. The van der Waals surface area contributed by atoms with Crippen molar-refractivity contribution in [3.05, 3.63) is 47.5 Å². The number of nitrogens with two attached hydrogens (primary N) is 1. The summed E-state index contributed by atoms with van der Waals surface area (Å²) >= 11 is 0. The predicted octanol–water partition coefficient (Wildman–Crippen LogP) is 2.64. The first kappa shape index (κ1) is 16.8. The van der Waals surface area contributed by atoms with E-state index in [1.807, 2.05) is 0 Å². The molecule has 0 radical (unpaired) electrons. The number of hydrogen-bond donors (Lipinski definition) is 2. The highest BCUT2D eigenvalue weighted by Crippen LogP contribution is 2.22. The van der Waals surface area contributed by atoms with Gasteiger partial charge in [0.2, 0.25) is 5.62 Å². The Hall–Kier alpha value is -2.58. The van der Waals surface area contributed by atoms with Gasteiger partial charge in [0, 0.05) is 17.4 Å². The van der Waals surface area contributed by atoms with Crippen molar-refractivity contribution in [1.82, 2.24) is 9.66 Å². The summed E-state index contributed by atoms with van der Waals surface area (Å²) in [4.78, 5) is 7.42. The first-order chi connectivity index (χ1) is 10.7. The quantitative estimate of drug-likeness (QED) is 0.672. The summed E-state index contributed by atoms with van der Waals surface area (Å²) in [6.45, 7) is 2.52. The van der Waals surface area contributed by atoms with Crippen LogP contribution < -0.4 is 16.8 Å². The molecule has 0 amide bonds. The van der Waals surface area contributed by atoms with Crippen molar-refractivity contribution < 1.29 is 17.6 Å². The van der Waals surface area contributed by atoms with Crippen molar-refractivity contribution in [3.8, 4) is 0 Å². The topological polar surface area (TPSA) is 68.2 Å². The van der Waals surface area contributed by atoms with Crippen LogP contribution in [0, 0.1) is 12.7 Å². The van der Waals surface area contributed by atoms with E-state index in [4.69, 9.17) is 5.84 Å². The van der Waals surface area contributed by atoms with Gasteiger partial charge in [-0.3, -0.25) is 0 Å². The molecule has 2 rings (SSSR count). The normalized spacial score (nSPS) is 13.9. The van der Waals surface area contributed by atoms with E-state index in [9.17, 15) is 17.6 Å². The zero-order valence-corrected chi connectivity index (χ0v) is 12.4. The standard InChI is InChI=1S/C14H15F4N5/c1-8-7-12(22-11-5-3-10(15)4-6-11)23(19)13(20-8)21-9(2)14(16,17)18/h3-7,9,22H,19H2,1-2H3. The molecule has 0 bridgehead atoms. The molecule has 0 aliphatic carbocycles. The highest BCUT2D eigenvalue weighted by molar-refractivity contribution is 5.56. The molecule has 5 nitrogen and oxygen atoms in total. The maximum atomic E-state index is 12.9. The first-order valence-corrected chi connectivity index (χ1v) is 6.66. The van der Waals surface area contributed by atoms with Crippen LogP contribution in [0.3, 0.4) is 0 Å². The van der Waals surface area contributed by atoms with Gasteiger partial charge in [0.25, 0.3) is 0 Å². The van der Waals surface area contributed by atoms with Crippen LogP contribution in [-0.4, -0.2) is 21.9 Å². The lowest BCUT2D eigenvalue weighted by atomic mass is 10.3. The molecule has 0 saturated heterocycles. The Morgan fingerprint density at radius 2 is 1.87 bits per heavy atom. The Bertz CT molecular complexity index is 749. The highest BCUT2D eigenvalue weighted by atomic mass is 19.4.